The highest BCUT2D eigenvalue weighted by molar-refractivity contribution is 6.60. The van der Waals surface area contributed by atoms with Gasteiger partial charge in [0.2, 0.25) is 6.33 Å². The summed E-state index contributed by atoms with van der Waals surface area (Å²) in [6, 6.07) is 0.640. The molecule has 10 heteroatoms. The molecule has 0 aliphatic heterocycles. The smallest absolute Gasteiger partial charge is 0.500 e. The van der Waals surface area contributed by atoms with E-state index in [-0.39, 0.29) is 12.4 Å². The van der Waals surface area contributed by atoms with Crippen molar-refractivity contribution in [1.29, 1.82) is 0 Å². The molecule has 1 N–H and O–H groups in total. The summed E-state index contributed by atoms with van der Waals surface area (Å²) in [5.41, 5.74) is 0. The lowest BCUT2D eigenvalue weighted by molar-refractivity contribution is -0.671. The van der Waals surface area contributed by atoms with Gasteiger partial charge in [0.1, 0.15) is 12.4 Å². The molecule has 0 saturated heterocycles. The third kappa shape index (κ3) is 8.11. The maximum atomic E-state index is 11.6. The van der Waals surface area contributed by atoms with Crippen molar-refractivity contribution >= 4 is 14.9 Å². The van der Waals surface area contributed by atoms with E-state index in [2.05, 4.69) is 5.32 Å². The average molecular weight is 382 g/mol. The normalized spacial score (nSPS) is 11.0. The SMILES string of the molecule is CO[Si](CCCNC(=O)OCCCn1cc[n+](C)c1)(OC)OC.[Cl-]. The number of carbonyl (C=O) groups excluding carboxylic acids is 1. The van der Waals surface area contributed by atoms with Crippen molar-refractivity contribution in [1.82, 2.24) is 9.88 Å². The molecule has 0 atom stereocenters. The Morgan fingerprint density at radius 2 is 1.88 bits per heavy atom. The minimum atomic E-state index is -2.55. The van der Waals surface area contributed by atoms with Crippen molar-refractivity contribution in [3.8, 4) is 0 Å². The molecule has 0 aliphatic rings. The zero-order chi connectivity index (χ0) is 17.1. The molecule has 0 saturated carbocycles. The lowest BCUT2D eigenvalue weighted by atomic mass is 10.4. The Morgan fingerprint density at radius 3 is 2.42 bits per heavy atom. The predicted molar refractivity (Wildman–Crippen MR) is 85.8 cm³/mol. The molecule has 0 bridgehead atoms. The van der Waals surface area contributed by atoms with Gasteiger partial charge < -0.3 is 35.7 Å². The second-order valence-electron chi connectivity index (χ2n) is 5.13. The molecule has 1 heterocycles. The van der Waals surface area contributed by atoms with Crippen LogP contribution in [0.1, 0.15) is 12.8 Å². The van der Waals surface area contributed by atoms with E-state index in [0.717, 1.165) is 13.0 Å². The van der Waals surface area contributed by atoms with Gasteiger partial charge in [-0.3, -0.25) is 0 Å². The minimum Gasteiger partial charge on any atom is -1.00 e. The fourth-order valence-corrected chi connectivity index (χ4v) is 3.87. The summed E-state index contributed by atoms with van der Waals surface area (Å²) in [7, 11) is 4.14. The second kappa shape index (κ2) is 12.3. The molecule has 24 heavy (non-hydrogen) atoms. The van der Waals surface area contributed by atoms with E-state index < -0.39 is 14.9 Å². The Morgan fingerprint density at radius 1 is 1.21 bits per heavy atom. The minimum absolute atomic E-state index is 0. The molecule has 0 fully saturated rings. The van der Waals surface area contributed by atoms with Crippen LogP contribution in [-0.4, -0.2) is 53.9 Å². The lowest BCUT2D eigenvalue weighted by Gasteiger charge is -2.24. The van der Waals surface area contributed by atoms with Gasteiger partial charge in [-0.15, -0.1) is 0 Å². The monoisotopic (exact) mass is 381 g/mol. The number of nitrogens with zero attached hydrogens (tertiary/aromatic N) is 2. The highest BCUT2D eigenvalue weighted by atomic mass is 35.5. The average Bonchev–Trinajstić information content (AvgIpc) is 2.98. The zero-order valence-electron chi connectivity index (χ0n) is 14.8. The number of aromatic nitrogens is 2. The molecule has 0 aliphatic carbocycles. The number of ether oxygens (including phenoxy) is 1. The van der Waals surface area contributed by atoms with Gasteiger partial charge in [0, 0.05) is 40.3 Å². The Hall–Kier alpha value is -1.13. The maximum absolute atomic E-state index is 11.6. The quantitative estimate of drug-likeness (QED) is 0.265. The number of aryl methyl sites for hydroxylation is 2. The zero-order valence-corrected chi connectivity index (χ0v) is 16.5. The van der Waals surface area contributed by atoms with Crippen molar-refractivity contribution in [2.24, 2.45) is 7.05 Å². The molecule has 1 aromatic heterocycles. The number of carbonyl (C=O) groups is 1. The summed E-state index contributed by atoms with van der Waals surface area (Å²) < 4.78 is 25.1. The van der Waals surface area contributed by atoms with Crippen LogP contribution in [0.5, 0.6) is 0 Å². The van der Waals surface area contributed by atoms with Gasteiger partial charge in [0.15, 0.2) is 0 Å². The molecule has 140 valence electrons. The molecule has 0 spiro atoms. The molecule has 1 aromatic rings. The number of hydrogen-bond acceptors (Lipinski definition) is 5. The molecule has 1 rings (SSSR count). The first kappa shape index (κ1) is 22.9. The van der Waals surface area contributed by atoms with Gasteiger partial charge in [-0.2, -0.15) is 0 Å². The van der Waals surface area contributed by atoms with E-state index >= 15 is 0 Å². The van der Waals surface area contributed by atoms with Crippen LogP contribution in [0.3, 0.4) is 0 Å². The van der Waals surface area contributed by atoms with Gasteiger partial charge in [0.05, 0.1) is 20.2 Å². The predicted octanol–water partition coefficient (Wildman–Crippen LogP) is -2.30. The number of imidazole rings is 1. The van der Waals surface area contributed by atoms with Crippen molar-refractivity contribution in [2.45, 2.75) is 25.4 Å². The van der Waals surface area contributed by atoms with Crippen molar-refractivity contribution in [3.05, 3.63) is 18.7 Å². The number of amides is 1. The summed E-state index contributed by atoms with van der Waals surface area (Å²) in [4.78, 5) is 11.6. The molecule has 0 radical (unpaired) electrons. The van der Waals surface area contributed by atoms with E-state index in [1.165, 1.54) is 0 Å². The Balaban J connectivity index is 0.00000529. The van der Waals surface area contributed by atoms with Crippen molar-refractivity contribution in [2.75, 3.05) is 34.5 Å². The number of halogens is 1. The number of alkyl carbamates (subject to hydrolysis) is 1. The van der Waals surface area contributed by atoms with E-state index in [0.29, 0.717) is 25.6 Å². The van der Waals surface area contributed by atoms with Crippen LogP contribution >= 0.6 is 0 Å². The van der Waals surface area contributed by atoms with Crippen molar-refractivity contribution in [3.63, 3.8) is 0 Å². The van der Waals surface area contributed by atoms with E-state index in [1.807, 2.05) is 34.9 Å². The third-order valence-corrected chi connectivity index (χ3v) is 6.31. The first-order valence-electron chi connectivity index (χ1n) is 7.62. The van der Waals surface area contributed by atoms with Crippen LogP contribution in [0.15, 0.2) is 18.7 Å². The number of nitrogens with one attached hydrogen (secondary N) is 1. The van der Waals surface area contributed by atoms with Crippen LogP contribution < -0.4 is 22.3 Å². The van der Waals surface area contributed by atoms with E-state index in [4.69, 9.17) is 18.0 Å². The van der Waals surface area contributed by atoms with Gasteiger partial charge in [-0.1, -0.05) is 0 Å². The highest BCUT2D eigenvalue weighted by Crippen LogP contribution is 2.14. The topological polar surface area (TPSA) is 74.8 Å². The van der Waals surface area contributed by atoms with Gasteiger partial charge >= 0.3 is 14.9 Å². The largest absolute Gasteiger partial charge is 1.00 e. The Labute approximate surface area is 150 Å². The molecule has 8 nitrogen and oxygen atoms in total. The van der Waals surface area contributed by atoms with E-state index in [9.17, 15) is 4.79 Å². The first-order valence-corrected chi connectivity index (χ1v) is 9.55. The summed E-state index contributed by atoms with van der Waals surface area (Å²) >= 11 is 0. The lowest BCUT2D eigenvalue weighted by Crippen LogP contribution is -3.00. The maximum Gasteiger partial charge on any atom is 0.500 e. The van der Waals surface area contributed by atoms with E-state index in [1.54, 1.807) is 21.3 Å². The van der Waals surface area contributed by atoms with Gasteiger partial charge in [0.25, 0.3) is 0 Å². The molecule has 0 aromatic carbocycles. The standard InChI is InChI=1S/C14H27N3O5Si.ClH/c1-16-9-10-17(13-16)8-6-11-22-14(18)15-7-5-12-23(19-2,20-3)21-4;/h9-10,13H,5-8,11-12H2,1-4H3;1H. The summed E-state index contributed by atoms with van der Waals surface area (Å²) in [6.07, 6.45) is 7.01. The molecule has 1 amide bonds. The van der Waals surface area contributed by atoms with Crippen LogP contribution in [0, 0.1) is 0 Å². The molecular weight excluding hydrogens is 354 g/mol. The van der Waals surface area contributed by atoms with Crippen molar-refractivity contribution < 1.29 is 39.8 Å². The van der Waals surface area contributed by atoms with Gasteiger partial charge in [-0.25, -0.2) is 13.9 Å². The Kier molecular flexibility index (Phi) is 11.7. The fraction of sp³-hybridized carbons (Fsp3) is 0.714. The van der Waals surface area contributed by atoms with Crippen LogP contribution in [0.2, 0.25) is 6.04 Å². The third-order valence-electron chi connectivity index (χ3n) is 3.48. The summed E-state index contributed by atoms with van der Waals surface area (Å²) in [5, 5.41) is 2.71. The summed E-state index contributed by atoms with van der Waals surface area (Å²) in [6.45, 7) is 1.70. The van der Waals surface area contributed by atoms with Crippen LogP contribution in [0.4, 0.5) is 4.79 Å². The van der Waals surface area contributed by atoms with Crippen LogP contribution in [-0.2, 0) is 31.6 Å². The number of rotatable bonds is 11. The molecule has 0 unspecified atom stereocenters. The van der Waals surface area contributed by atoms with Crippen LogP contribution in [0.25, 0.3) is 0 Å². The first-order chi connectivity index (χ1) is 11.0. The number of hydrogen-bond donors (Lipinski definition) is 1. The van der Waals surface area contributed by atoms with Gasteiger partial charge in [-0.05, 0) is 6.42 Å². The second-order valence-corrected chi connectivity index (χ2v) is 8.22. The Bertz CT molecular complexity index is 463. The fourth-order valence-electron chi connectivity index (χ4n) is 2.15. The highest BCUT2D eigenvalue weighted by Gasteiger charge is 2.36. The molecular formula is C14H28ClN3O5Si. The summed E-state index contributed by atoms with van der Waals surface area (Å²) in [5.74, 6) is 0.